The normalized spacial score (nSPS) is 20.9. The van der Waals surface area contributed by atoms with Crippen molar-refractivity contribution in [1.29, 1.82) is 0 Å². The van der Waals surface area contributed by atoms with Gasteiger partial charge in [0.25, 0.3) is 0 Å². The molecule has 0 radical (unpaired) electrons. The van der Waals surface area contributed by atoms with E-state index in [0.717, 1.165) is 32.5 Å². The molecule has 1 aliphatic heterocycles. The lowest BCUT2D eigenvalue weighted by Gasteiger charge is -2.46. The molecule has 0 bridgehead atoms. The fourth-order valence-electron chi connectivity index (χ4n) is 1.85. The van der Waals surface area contributed by atoms with E-state index in [-0.39, 0.29) is 5.60 Å². The first-order chi connectivity index (χ1) is 6.06. The monoisotopic (exact) mass is 183 g/mol. The lowest BCUT2D eigenvalue weighted by Crippen LogP contribution is -2.61. The summed E-state index contributed by atoms with van der Waals surface area (Å²) < 4.78 is 0. The molecule has 0 spiro atoms. The number of hydrogen-bond acceptors (Lipinski definition) is 2. The van der Waals surface area contributed by atoms with Gasteiger partial charge in [-0.15, -0.1) is 0 Å². The van der Waals surface area contributed by atoms with Crippen LogP contribution in [-0.2, 0) is 0 Å². The van der Waals surface area contributed by atoms with Crippen LogP contribution in [0, 0.1) is 0 Å². The molecule has 13 heavy (non-hydrogen) atoms. The SMILES string of the molecule is CCCC1(O)CN(CC=C(C)C)C1. The number of hydrogen-bond donors (Lipinski definition) is 1. The third kappa shape index (κ3) is 3.12. The minimum atomic E-state index is -0.371. The number of rotatable bonds is 4. The Morgan fingerprint density at radius 1 is 1.46 bits per heavy atom. The first kappa shape index (κ1) is 10.7. The fraction of sp³-hybridized carbons (Fsp3) is 0.818. The van der Waals surface area contributed by atoms with Crippen molar-refractivity contribution in [2.45, 2.75) is 39.2 Å². The number of aliphatic hydroxyl groups is 1. The summed E-state index contributed by atoms with van der Waals surface area (Å²) in [7, 11) is 0. The second kappa shape index (κ2) is 4.25. The maximum atomic E-state index is 9.88. The molecule has 2 heteroatoms. The molecule has 0 aliphatic carbocycles. The van der Waals surface area contributed by atoms with E-state index in [1.165, 1.54) is 5.57 Å². The molecule has 1 saturated heterocycles. The van der Waals surface area contributed by atoms with Crippen molar-refractivity contribution in [1.82, 2.24) is 4.90 Å². The molecule has 0 unspecified atom stereocenters. The Bertz CT molecular complexity index is 188. The largest absolute Gasteiger partial charge is 0.387 e. The Kier molecular flexibility index (Phi) is 3.51. The maximum absolute atomic E-state index is 9.88. The van der Waals surface area contributed by atoms with Gasteiger partial charge >= 0.3 is 0 Å². The summed E-state index contributed by atoms with van der Waals surface area (Å²) in [5.41, 5.74) is 0.982. The summed E-state index contributed by atoms with van der Waals surface area (Å²) in [5, 5.41) is 9.88. The first-order valence-corrected chi connectivity index (χ1v) is 5.14. The summed E-state index contributed by atoms with van der Waals surface area (Å²) in [5.74, 6) is 0. The molecule has 0 atom stereocenters. The van der Waals surface area contributed by atoms with Crippen LogP contribution in [0.25, 0.3) is 0 Å². The average Bonchev–Trinajstić information content (AvgIpc) is 1.97. The third-order valence-corrected chi connectivity index (χ3v) is 2.51. The van der Waals surface area contributed by atoms with E-state index in [0.29, 0.717) is 0 Å². The summed E-state index contributed by atoms with van der Waals surface area (Å²) in [6.07, 6.45) is 4.23. The summed E-state index contributed by atoms with van der Waals surface area (Å²) in [4.78, 5) is 2.28. The highest BCUT2D eigenvalue weighted by Gasteiger charge is 2.39. The average molecular weight is 183 g/mol. The molecule has 2 nitrogen and oxygen atoms in total. The predicted octanol–water partition coefficient (Wildman–Crippen LogP) is 1.80. The molecule has 0 aromatic rings. The zero-order valence-corrected chi connectivity index (χ0v) is 9.01. The molecule has 1 rings (SSSR count). The fourth-order valence-corrected chi connectivity index (χ4v) is 1.85. The van der Waals surface area contributed by atoms with E-state index >= 15 is 0 Å². The smallest absolute Gasteiger partial charge is 0.0900 e. The minimum absolute atomic E-state index is 0.371. The predicted molar refractivity (Wildman–Crippen MR) is 55.7 cm³/mol. The molecule has 76 valence electrons. The Balaban J connectivity index is 2.21. The quantitative estimate of drug-likeness (QED) is 0.672. The molecule has 0 saturated carbocycles. The Morgan fingerprint density at radius 2 is 2.08 bits per heavy atom. The highest BCUT2D eigenvalue weighted by Crippen LogP contribution is 2.25. The van der Waals surface area contributed by atoms with Crippen molar-refractivity contribution in [3.8, 4) is 0 Å². The molecular weight excluding hydrogens is 162 g/mol. The molecule has 1 fully saturated rings. The lowest BCUT2D eigenvalue weighted by molar-refractivity contribution is -0.0978. The Morgan fingerprint density at radius 3 is 2.54 bits per heavy atom. The van der Waals surface area contributed by atoms with Gasteiger partial charge in [0.05, 0.1) is 5.60 Å². The van der Waals surface area contributed by atoms with Crippen LogP contribution in [0.1, 0.15) is 33.6 Å². The lowest BCUT2D eigenvalue weighted by atomic mass is 9.89. The van der Waals surface area contributed by atoms with E-state index in [1.54, 1.807) is 0 Å². The molecule has 1 aliphatic rings. The van der Waals surface area contributed by atoms with Crippen molar-refractivity contribution in [3.05, 3.63) is 11.6 Å². The zero-order valence-electron chi connectivity index (χ0n) is 9.01. The summed E-state index contributed by atoms with van der Waals surface area (Å²) in [6.45, 7) is 9.04. The molecule has 0 aromatic heterocycles. The van der Waals surface area contributed by atoms with Gasteiger partial charge < -0.3 is 5.11 Å². The number of β-amino-alcohol motifs (C(OH)–C–C–N with tert-alkyl or cyclic N) is 1. The summed E-state index contributed by atoms with van der Waals surface area (Å²) >= 11 is 0. The topological polar surface area (TPSA) is 23.5 Å². The Hall–Kier alpha value is -0.340. The van der Waals surface area contributed by atoms with E-state index in [9.17, 15) is 5.11 Å². The number of nitrogens with zero attached hydrogens (tertiary/aromatic N) is 1. The van der Waals surface area contributed by atoms with Gasteiger partial charge in [0.2, 0.25) is 0 Å². The second-order valence-electron chi connectivity index (χ2n) is 4.43. The highest BCUT2D eigenvalue weighted by atomic mass is 16.3. The van der Waals surface area contributed by atoms with Crippen LogP contribution in [0.3, 0.4) is 0 Å². The molecular formula is C11H21NO. The van der Waals surface area contributed by atoms with Crippen LogP contribution in [0.2, 0.25) is 0 Å². The van der Waals surface area contributed by atoms with Gasteiger partial charge in [-0.25, -0.2) is 0 Å². The van der Waals surface area contributed by atoms with Crippen LogP contribution in [0.4, 0.5) is 0 Å². The Labute approximate surface area is 81.2 Å². The van der Waals surface area contributed by atoms with Crippen LogP contribution in [0.5, 0.6) is 0 Å². The second-order valence-corrected chi connectivity index (χ2v) is 4.43. The minimum Gasteiger partial charge on any atom is -0.387 e. The molecule has 0 aromatic carbocycles. The van der Waals surface area contributed by atoms with E-state index < -0.39 is 0 Å². The van der Waals surface area contributed by atoms with Gasteiger partial charge in [0, 0.05) is 19.6 Å². The van der Waals surface area contributed by atoms with Gasteiger partial charge in [0.15, 0.2) is 0 Å². The van der Waals surface area contributed by atoms with Gasteiger partial charge in [-0.2, -0.15) is 0 Å². The molecule has 1 N–H and O–H groups in total. The van der Waals surface area contributed by atoms with E-state index in [1.807, 2.05) is 0 Å². The molecule has 1 heterocycles. The van der Waals surface area contributed by atoms with Crippen LogP contribution < -0.4 is 0 Å². The van der Waals surface area contributed by atoms with Crippen molar-refractivity contribution in [2.75, 3.05) is 19.6 Å². The van der Waals surface area contributed by atoms with Crippen LogP contribution in [-0.4, -0.2) is 35.2 Å². The zero-order chi connectivity index (χ0) is 9.90. The summed E-state index contributed by atoms with van der Waals surface area (Å²) in [6, 6.07) is 0. The van der Waals surface area contributed by atoms with Gasteiger partial charge in [-0.05, 0) is 20.3 Å². The van der Waals surface area contributed by atoms with Crippen molar-refractivity contribution in [3.63, 3.8) is 0 Å². The third-order valence-electron chi connectivity index (χ3n) is 2.51. The maximum Gasteiger partial charge on any atom is 0.0900 e. The number of likely N-dealkylation sites (tertiary alicyclic amines) is 1. The highest BCUT2D eigenvalue weighted by molar-refractivity contribution is 5.01. The number of allylic oxidation sites excluding steroid dienone is 1. The van der Waals surface area contributed by atoms with Crippen molar-refractivity contribution < 1.29 is 5.11 Å². The van der Waals surface area contributed by atoms with Crippen LogP contribution in [0.15, 0.2) is 11.6 Å². The van der Waals surface area contributed by atoms with Crippen molar-refractivity contribution >= 4 is 0 Å². The van der Waals surface area contributed by atoms with Gasteiger partial charge in [-0.3, -0.25) is 4.90 Å². The first-order valence-electron chi connectivity index (χ1n) is 5.14. The van der Waals surface area contributed by atoms with Gasteiger partial charge in [-0.1, -0.05) is 25.0 Å². The molecule has 0 amide bonds. The van der Waals surface area contributed by atoms with E-state index in [4.69, 9.17) is 0 Å². The van der Waals surface area contributed by atoms with E-state index in [2.05, 4.69) is 31.7 Å². The van der Waals surface area contributed by atoms with Crippen LogP contribution >= 0.6 is 0 Å². The standard InChI is InChI=1S/C11H21NO/c1-4-6-11(13)8-12(9-11)7-5-10(2)3/h5,13H,4,6-9H2,1-3H3. The van der Waals surface area contributed by atoms with Gasteiger partial charge in [0.1, 0.15) is 0 Å². The van der Waals surface area contributed by atoms with Crippen molar-refractivity contribution in [2.24, 2.45) is 0 Å².